The van der Waals surface area contributed by atoms with E-state index in [9.17, 15) is 9.90 Å². The Hall–Kier alpha value is -2.89. The van der Waals surface area contributed by atoms with Crippen molar-refractivity contribution in [3.8, 4) is 0 Å². The van der Waals surface area contributed by atoms with Gasteiger partial charge in [-0.15, -0.1) is 0 Å². The summed E-state index contributed by atoms with van der Waals surface area (Å²) in [5.74, 6) is -0.975. The number of nitrogens with one attached hydrogen (secondary N) is 2. The van der Waals surface area contributed by atoms with Crippen LogP contribution in [0, 0.1) is 0 Å². The number of pyridine rings is 1. The lowest BCUT2D eigenvalue weighted by molar-refractivity contribution is 0.0698. The van der Waals surface area contributed by atoms with Gasteiger partial charge in [0.25, 0.3) is 0 Å². The number of hydrogen-bond acceptors (Lipinski definition) is 4. The third-order valence-electron chi connectivity index (χ3n) is 4.66. The number of rotatable bonds is 4. The van der Waals surface area contributed by atoms with Gasteiger partial charge in [0, 0.05) is 28.7 Å². The summed E-state index contributed by atoms with van der Waals surface area (Å²) in [6.45, 7) is 1.69. The first-order chi connectivity index (χ1) is 13.1. The Kier molecular flexibility index (Phi) is 4.79. The maximum absolute atomic E-state index is 11.6. The molecule has 0 aliphatic carbocycles. The predicted octanol–water partition coefficient (Wildman–Crippen LogP) is 4.71. The van der Waals surface area contributed by atoms with Gasteiger partial charge in [-0.2, -0.15) is 0 Å². The number of halogens is 1. The fraction of sp³-hybridized carbons (Fsp3) is 0.143. The van der Waals surface area contributed by atoms with Gasteiger partial charge in [-0.05, 0) is 48.9 Å². The molecule has 2 aromatic carbocycles. The molecule has 1 aliphatic rings. The van der Waals surface area contributed by atoms with Crippen LogP contribution in [0.2, 0.25) is 5.02 Å². The molecule has 0 saturated heterocycles. The van der Waals surface area contributed by atoms with Crippen molar-refractivity contribution in [2.45, 2.75) is 6.42 Å². The van der Waals surface area contributed by atoms with Gasteiger partial charge in [-0.3, -0.25) is 4.98 Å². The van der Waals surface area contributed by atoms with E-state index >= 15 is 0 Å². The Labute approximate surface area is 161 Å². The summed E-state index contributed by atoms with van der Waals surface area (Å²) in [5, 5.41) is 17.7. The SMILES string of the molecule is O=C(O)c1ccccc1Nc1c(C2=CCNCC2)cnc2ccc(Cl)cc12. The zero-order chi connectivity index (χ0) is 18.8. The molecule has 136 valence electrons. The lowest BCUT2D eigenvalue weighted by Crippen LogP contribution is -2.20. The van der Waals surface area contributed by atoms with Crippen LogP contribution in [0.25, 0.3) is 16.5 Å². The molecule has 3 N–H and O–H groups in total. The summed E-state index contributed by atoms with van der Waals surface area (Å²) in [7, 11) is 0. The topological polar surface area (TPSA) is 74.2 Å². The Balaban J connectivity index is 1.92. The average molecular weight is 380 g/mol. The third-order valence-corrected chi connectivity index (χ3v) is 4.89. The number of aromatic carboxylic acids is 1. The number of fused-ring (bicyclic) bond motifs is 1. The molecule has 27 heavy (non-hydrogen) atoms. The number of nitrogens with zero attached hydrogens (tertiary/aromatic N) is 1. The van der Waals surface area contributed by atoms with Crippen LogP contribution in [0.3, 0.4) is 0 Å². The number of benzene rings is 2. The van der Waals surface area contributed by atoms with Crippen molar-refractivity contribution in [1.29, 1.82) is 0 Å². The first-order valence-corrected chi connectivity index (χ1v) is 9.09. The summed E-state index contributed by atoms with van der Waals surface area (Å²) in [4.78, 5) is 16.2. The van der Waals surface area contributed by atoms with E-state index in [4.69, 9.17) is 11.6 Å². The molecule has 6 heteroatoms. The minimum absolute atomic E-state index is 0.217. The van der Waals surface area contributed by atoms with Gasteiger partial charge in [0.15, 0.2) is 0 Å². The van der Waals surface area contributed by atoms with E-state index in [1.807, 2.05) is 24.4 Å². The molecule has 1 aromatic heterocycles. The van der Waals surface area contributed by atoms with Gasteiger partial charge < -0.3 is 15.7 Å². The van der Waals surface area contributed by atoms with Crippen LogP contribution in [0.5, 0.6) is 0 Å². The first kappa shape index (κ1) is 17.5. The highest BCUT2D eigenvalue weighted by atomic mass is 35.5. The van der Waals surface area contributed by atoms with E-state index in [1.165, 1.54) is 5.57 Å². The zero-order valence-electron chi connectivity index (χ0n) is 14.5. The molecule has 3 aromatic rings. The summed E-state index contributed by atoms with van der Waals surface area (Å²) >= 11 is 6.24. The van der Waals surface area contributed by atoms with Crippen molar-refractivity contribution in [2.24, 2.45) is 0 Å². The number of hydrogen-bond donors (Lipinski definition) is 3. The number of aromatic nitrogens is 1. The Morgan fingerprint density at radius 2 is 2.07 bits per heavy atom. The van der Waals surface area contributed by atoms with E-state index in [0.29, 0.717) is 10.7 Å². The van der Waals surface area contributed by atoms with E-state index < -0.39 is 5.97 Å². The molecule has 0 saturated carbocycles. The van der Waals surface area contributed by atoms with Crippen molar-refractivity contribution in [2.75, 3.05) is 18.4 Å². The smallest absolute Gasteiger partial charge is 0.337 e. The Morgan fingerprint density at radius 3 is 2.85 bits per heavy atom. The van der Waals surface area contributed by atoms with Crippen molar-refractivity contribution in [3.63, 3.8) is 0 Å². The molecule has 0 amide bonds. The molecular weight excluding hydrogens is 362 g/mol. The maximum Gasteiger partial charge on any atom is 0.337 e. The van der Waals surface area contributed by atoms with E-state index in [-0.39, 0.29) is 5.56 Å². The normalized spacial score (nSPS) is 14.0. The third kappa shape index (κ3) is 3.52. The molecule has 0 fully saturated rings. The summed E-state index contributed by atoms with van der Waals surface area (Å²) in [6, 6.07) is 12.4. The van der Waals surface area contributed by atoms with Crippen LogP contribution < -0.4 is 10.6 Å². The highest BCUT2D eigenvalue weighted by molar-refractivity contribution is 6.31. The second kappa shape index (κ2) is 7.39. The van der Waals surface area contributed by atoms with Crippen LogP contribution in [-0.4, -0.2) is 29.1 Å². The molecule has 0 bridgehead atoms. The minimum atomic E-state index is -0.975. The molecule has 0 spiro atoms. The number of anilines is 2. The fourth-order valence-electron chi connectivity index (χ4n) is 3.32. The van der Waals surface area contributed by atoms with Gasteiger partial charge in [-0.25, -0.2) is 4.79 Å². The monoisotopic (exact) mass is 379 g/mol. The average Bonchev–Trinajstić information content (AvgIpc) is 2.69. The second-order valence-electron chi connectivity index (χ2n) is 6.37. The lowest BCUT2D eigenvalue weighted by atomic mass is 9.97. The van der Waals surface area contributed by atoms with Crippen LogP contribution >= 0.6 is 11.6 Å². The van der Waals surface area contributed by atoms with Gasteiger partial charge in [-0.1, -0.05) is 29.8 Å². The minimum Gasteiger partial charge on any atom is -0.478 e. The number of carbonyl (C=O) groups is 1. The lowest BCUT2D eigenvalue weighted by Gasteiger charge is -2.20. The van der Waals surface area contributed by atoms with E-state index in [0.717, 1.165) is 41.7 Å². The first-order valence-electron chi connectivity index (χ1n) is 8.71. The molecule has 4 rings (SSSR count). The molecule has 0 atom stereocenters. The van der Waals surface area contributed by atoms with Crippen molar-refractivity contribution in [1.82, 2.24) is 10.3 Å². The van der Waals surface area contributed by atoms with Crippen molar-refractivity contribution in [3.05, 3.63) is 70.9 Å². The molecular formula is C21H18ClN3O2. The number of para-hydroxylation sites is 1. The highest BCUT2D eigenvalue weighted by Gasteiger charge is 2.17. The summed E-state index contributed by atoms with van der Waals surface area (Å²) in [5.41, 5.74) is 4.52. The predicted molar refractivity (Wildman–Crippen MR) is 109 cm³/mol. The quantitative estimate of drug-likeness (QED) is 0.612. The summed E-state index contributed by atoms with van der Waals surface area (Å²) < 4.78 is 0. The van der Waals surface area contributed by atoms with Crippen molar-refractivity contribution < 1.29 is 9.90 Å². The van der Waals surface area contributed by atoms with Gasteiger partial charge >= 0.3 is 5.97 Å². The number of carboxylic acid groups (broad SMARTS) is 1. The Bertz CT molecular complexity index is 1060. The van der Waals surface area contributed by atoms with E-state index in [2.05, 4.69) is 21.7 Å². The van der Waals surface area contributed by atoms with Crippen LogP contribution in [0.15, 0.2) is 54.7 Å². The number of carboxylic acids is 1. The van der Waals surface area contributed by atoms with Gasteiger partial charge in [0.05, 0.1) is 22.5 Å². The van der Waals surface area contributed by atoms with Crippen LogP contribution in [-0.2, 0) is 0 Å². The van der Waals surface area contributed by atoms with Gasteiger partial charge in [0.2, 0.25) is 0 Å². The molecule has 0 unspecified atom stereocenters. The molecule has 0 radical (unpaired) electrons. The summed E-state index contributed by atoms with van der Waals surface area (Å²) in [6.07, 6.45) is 4.87. The van der Waals surface area contributed by atoms with Crippen LogP contribution in [0.1, 0.15) is 22.3 Å². The second-order valence-corrected chi connectivity index (χ2v) is 6.80. The standard InChI is InChI=1S/C21H18ClN3O2/c22-14-5-6-18-16(11-14)20(17(12-24-18)13-7-9-23-10-8-13)25-19-4-2-1-3-15(19)21(26)27/h1-7,11-12,23H,8-10H2,(H,24,25)(H,26,27). The Morgan fingerprint density at radius 1 is 1.22 bits per heavy atom. The highest BCUT2D eigenvalue weighted by Crippen LogP contribution is 2.36. The van der Waals surface area contributed by atoms with Crippen LogP contribution in [0.4, 0.5) is 11.4 Å². The fourth-order valence-corrected chi connectivity index (χ4v) is 3.50. The van der Waals surface area contributed by atoms with Crippen molar-refractivity contribution >= 4 is 45.4 Å². The molecule has 5 nitrogen and oxygen atoms in total. The zero-order valence-corrected chi connectivity index (χ0v) is 15.3. The largest absolute Gasteiger partial charge is 0.478 e. The molecule has 1 aliphatic heterocycles. The maximum atomic E-state index is 11.6. The molecule has 2 heterocycles. The van der Waals surface area contributed by atoms with E-state index in [1.54, 1.807) is 24.3 Å². The van der Waals surface area contributed by atoms with Gasteiger partial charge in [0.1, 0.15) is 0 Å².